The van der Waals surface area contributed by atoms with Crippen LogP contribution in [0.1, 0.15) is 44.7 Å². The van der Waals surface area contributed by atoms with Crippen LogP contribution in [0.5, 0.6) is 0 Å². The van der Waals surface area contributed by atoms with E-state index in [1.54, 1.807) is 32.1 Å². The topological polar surface area (TPSA) is 68.3 Å². The van der Waals surface area contributed by atoms with E-state index in [9.17, 15) is 19.2 Å². The van der Waals surface area contributed by atoms with Crippen LogP contribution < -0.4 is 0 Å². The fourth-order valence-electron chi connectivity index (χ4n) is 4.13. The molecule has 0 aromatic heterocycles. The zero-order valence-corrected chi connectivity index (χ0v) is 14.6. The fraction of sp³-hybridized carbons (Fsp3) is 0.300. The summed E-state index contributed by atoms with van der Waals surface area (Å²) in [7, 11) is 0. The smallest absolute Gasteiger partial charge is 0.198 e. The van der Waals surface area contributed by atoms with Gasteiger partial charge in [-0.1, -0.05) is 29.8 Å². The SMILES string of the molecule is Cc1ccc(C)c2c1C(=O)C1=C(C2=O)C(=O)C2CC(Cl)=CCC2C1=O. The Balaban J connectivity index is 1.96. The molecule has 3 aliphatic rings. The molecule has 0 spiro atoms. The lowest BCUT2D eigenvalue weighted by molar-refractivity contribution is -0.130. The lowest BCUT2D eigenvalue weighted by atomic mass is 9.64. The van der Waals surface area contributed by atoms with Crippen molar-refractivity contribution in [2.24, 2.45) is 11.8 Å². The highest BCUT2D eigenvalue weighted by molar-refractivity contribution is 6.46. The summed E-state index contributed by atoms with van der Waals surface area (Å²) in [5.74, 6) is -3.07. The van der Waals surface area contributed by atoms with Crippen LogP contribution in [-0.4, -0.2) is 23.1 Å². The number of hydrogen-bond donors (Lipinski definition) is 0. The molecule has 4 nitrogen and oxygen atoms in total. The molecule has 0 aliphatic heterocycles. The number of carbonyl (C=O) groups is 4. The van der Waals surface area contributed by atoms with Gasteiger partial charge in [-0.15, -0.1) is 0 Å². The average Bonchev–Trinajstić information content (AvgIpc) is 2.57. The second kappa shape index (κ2) is 5.33. The number of Topliss-reactive ketones (excluding diaryl/α,β-unsaturated/α-hetero) is 4. The highest BCUT2D eigenvalue weighted by Gasteiger charge is 2.51. The Kier molecular flexibility index (Phi) is 3.45. The fourth-order valence-corrected chi connectivity index (χ4v) is 4.39. The van der Waals surface area contributed by atoms with Crippen LogP contribution in [0.2, 0.25) is 0 Å². The molecule has 3 aliphatic carbocycles. The van der Waals surface area contributed by atoms with E-state index in [1.807, 2.05) is 0 Å². The quantitative estimate of drug-likeness (QED) is 0.670. The molecule has 126 valence electrons. The molecule has 0 saturated carbocycles. The third-order valence-electron chi connectivity index (χ3n) is 5.44. The van der Waals surface area contributed by atoms with Crippen molar-refractivity contribution in [3.05, 3.63) is 56.6 Å². The Morgan fingerprint density at radius 3 is 1.84 bits per heavy atom. The first-order chi connectivity index (χ1) is 11.8. The third kappa shape index (κ3) is 2.07. The summed E-state index contributed by atoms with van der Waals surface area (Å²) in [6.45, 7) is 3.46. The van der Waals surface area contributed by atoms with Crippen molar-refractivity contribution >= 4 is 34.7 Å². The van der Waals surface area contributed by atoms with Gasteiger partial charge in [0.1, 0.15) is 0 Å². The number of allylic oxidation sites excluding steroid dienone is 4. The van der Waals surface area contributed by atoms with E-state index in [1.165, 1.54) is 0 Å². The molecule has 0 N–H and O–H groups in total. The molecule has 2 atom stereocenters. The van der Waals surface area contributed by atoms with Gasteiger partial charge in [0.2, 0.25) is 0 Å². The predicted octanol–water partition coefficient (Wildman–Crippen LogP) is 3.28. The number of aryl methyl sites for hydroxylation is 2. The van der Waals surface area contributed by atoms with E-state index in [-0.39, 0.29) is 28.7 Å². The van der Waals surface area contributed by atoms with Crippen molar-refractivity contribution in [2.45, 2.75) is 26.7 Å². The maximum atomic E-state index is 13.1. The van der Waals surface area contributed by atoms with Gasteiger partial charge in [0.05, 0.1) is 11.1 Å². The zero-order valence-electron chi connectivity index (χ0n) is 13.8. The highest BCUT2D eigenvalue weighted by atomic mass is 35.5. The second-order valence-electron chi connectivity index (χ2n) is 6.89. The van der Waals surface area contributed by atoms with Crippen LogP contribution in [0.25, 0.3) is 0 Å². The van der Waals surface area contributed by atoms with E-state index in [0.717, 1.165) is 0 Å². The van der Waals surface area contributed by atoms with Crippen molar-refractivity contribution in [3.8, 4) is 0 Å². The standard InChI is InChI=1S/C20H15ClO4/c1-8-3-4-9(2)14-13(8)19(24)15-16(20(14)25)18(23)12-7-10(21)5-6-11(12)17(15)22/h3-5,11-12H,6-7H2,1-2H3. The van der Waals surface area contributed by atoms with Gasteiger partial charge in [-0.3, -0.25) is 19.2 Å². The molecule has 5 heteroatoms. The molecule has 0 fully saturated rings. The molecule has 1 aromatic carbocycles. The van der Waals surface area contributed by atoms with Gasteiger partial charge in [-0.05, 0) is 37.8 Å². The summed E-state index contributed by atoms with van der Waals surface area (Å²) in [5, 5.41) is 0.522. The first-order valence-corrected chi connectivity index (χ1v) is 8.57. The Bertz CT molecular complexity index is 964. The molecule has 25 heavy (non-hydrogen) atoms. The number of halogens is 1. The van der Waals surface area contributed by atoms with E-state index < -0.39 is 35.0 Å². The summed E-state index contributed by atoms with van der Waals surface area (Å²) < 4.78 is 0. The Morgan fingerprint density at radius 1 is 0.840 bits per heavy atom. The zero-order chi connectivity index (χ0) is 18.0. The van der Waals surface area contributed by atoms with Crippen molar-refractivity contribution in [1.82, 2.24) is 0 Å². The van der Waals surface area contributed by atoms with Crippen molar-refractivity contribution < 1.29 is 19.2 Å². The lowest BCUT2D eigenvalue weighted by Crippen LogP contribution is -2.45. The van der Waals surface area contributed by atoms with Crippen LogP contribution in [0.15, 0.2) is 34.4 Å². The molecule has 1 aromatic rings. The predicted molar refractivity (Wildman–Crippen MR) is 91.8 cm³/mol. The van der Waals surface area contributed by atoms with E-state index in [2.05, 4.69) is 0 Å². The Labute approximate surface area is 149 Å². The maximum absolute atomic E-state index is 13.1. The van der Waals surface area contributed by atoms with Crippen molar-refractivity contribution in [3.63, 3.8) is 0 Å². The van der Waals surface area contributed by atoms with E-state index in [4.69, 9.17) is 11.6 Å². The average molecular weight is 355 g/mol. The van der Waals surface area contributed by atoms with E-state index in [0.29, 0.717) is 22.6 Å². The summed E-state index contributed by atoms with van der Waals surface area (Å²) in [5.41, 5.74) is 1.33. The number of fused-ring (bicyclic) bond motifs is 2. The van der Waals surface area contributed by atoms with E-state index >= 15 is 0 Å². The van der Waals surface area contributed by atoms with Gasteiger partial charge in [0, 0.05) is 28.0 Å². The maximum Gasteiger partial charge on any atom is 0.198 e. The Hall–Kier alpha value is -2.33. The summed E-state index contributed by atoms with van der Waals surface area (Å²) >= 11 is 6.05. The second-order valence-corrected chi connectivity index (χ2v) is 7.38. The van der Waals surface area contributed by atoms with Crippen molar-refractivity contribution in [2.75, 3.05) is 0 Å². The normalized spacial score (nSPS) is 25.5. The van der Waals surface area contributed by atoms with Crippen LogP contribution in [0, 0.1) is 25.7 Å². The van der Waals surface area contributed by atoms with Gasteiger partial charge in [-0.25, -0.2) is 0 Å². The first-order valence-electron chi connectivity index (χ1n) is 8.19. The van der Waals surface area contributed by atoms with Gasteiger partial charge < -0.3 is 0 Å². The van der Waals surface area contributed by atoms with Gasteiger partial charge in [-0.2, -0.15) is 0 Å². The largest absolute Gasteiger partial charge is 0.294 e. The molecule has 0 radical (unpaired) electrons. The van der Waals surface area contributed by atoms with Crippen LogP contribution in [0.4, 0.5) is 0 Å². The van der Waals surface area contributed by atoms with Crippen molar-refractivity contribution in [1.29, 1.82) is 0 Å². The molecule has 2 unspecified atom stereocenters. The van der Waals surface area contributed by atoms with Gasteiger partial charge in [0.15, 0.2) is 23.1 Å². The molecule has 0 saturated heterocycles. The Morgan fingerprint density at radius 2 is 1.32 bits per heavy atom. The summed E-state index contributed by atoms with van der Waals surface area (Å²) in [4.78, 5) is 52.0. The van der Waals surface area contributed by atoms with Crippen LogP contribution in [-0.2, 0) is 9.59 Å². The molecule has 0 amide bonds. The third-order valence-corrected chi connectivity index (χ3v) is 5.75. The lowest BCUT2D eigenvalue weighted by Gasteiger charge is -2.35. The number of carbonyl (C=O) groups excluding carboxylic acids is 4. The molecule has 4 rings (SSSR count). The first kappa shape index (κ1) is 16.2. The number of ketones is 4. The number of benzene rings is 1. The molecule has 0 heterocycles. The highest BCUT2D eigenvalue weighted by Crippen LogP contribution is 2.43. The minimum atomic E-state index is -0.646. The number of hydrogen-bond acceptors (Lipinski definition) is 4. The van der Waals surface area contributed by atoms with Crippen LogP contribution in [0.3, 0.4) is 0 Å². The summed E-state index contributed by atoms with van der Waals surface area (Å²) in [6.07, 6.45) is 2.29. The minimum Gasteiger partial charge on any atom is -0.294 e. The monoisotopic (exact) mass is 354 g/mol. The molecular formula is C20H15ClO4. The molecular weight excluding hydrogens is 340 g/mol. The van der Waals surface area contributed by atoms with Crippen LogP contribution >= 0.6 is 11.6 Å². The van der Waals surface area contributed by atoms with Gasteiger partial charge in [0.25, 0.3) is 0 Å². The number of rotatable bonds is 0. The summed E-state index contributed by atoms with van der Waals surface area (Å²) in [6, 6.07) is 3.51. The minimum absolute atomic E-state index is 0.219. The van der Waals surface area contributed by atoms with Gasteiger partial charge >= 0.3 is 0 Å². The molecule has 0 bridgehead atoms.